The molecule has 2 aliphatic rings. The van der Waals surface area contributed by atoms with Gasteiger partial charge in [0, 0.05) is 19.0 Å². The molecular formula is C15H21NO. The van der Waals surface area contributed by atoms with E-state index in [4.69, 9.17) is 4.74 Å². The third-order valence-corrected chi connectivity index (χ3v) is 4.01. The Morgan fingerprint density at radius 2 is 2.29 bits per heavy atom. The van der Waals surface area contributed by atoms with Crippen molar-refractivity contribution in [1.82, 2.24) is 5.32 Å². The van der Waals surface area contributed by atoms with Crippen molar-refractivity contribution >= 4 is 0 Å². The average Bonchev–Trinajstić information content (AvgIpc) is 2.97. The second-order valence-corrected chi connectivity index (χ2v) is 5.47. The Balaban J connectivity index is 1.52. The minimum Gasteiger partial charge on any atom is -0.488 e. The molecule has 1 aliphatic heterocycles. The molecule has 1 aromatic rings. The van der Waals surface area contributed by atoms with Gasteiger partial charge in [-0.05, 0) is 30.9 Å². The van der Waals surface area contributed by atoms with Gasteiger partial charge in [0.25, 0.3) is 0 Å². The molecule has 0 amide bonds. The zero-order chi connectivity index (χ0) is 11.8. The molecule has 1 aliphatic carbocycles. The third-order valence-electron chi connectivity index (χ3n) is 4.01. The van der Waals surface area contributed by atoms with Gasteiger partial charge in [-0.25, -0.2) is 0 Å². The first-order chi connectivity index (χ1) is 8.26. The monoisotopic (exact) mass is 231 g/mol. The number of nitrogens with one attached hydrogen (secondary N) is 1. The van der Waals surface area contributed by atoms with Gasteiger partial charge in [0.1, 0.15) is 11.9 Å². The molecule has 2 nitrogen and oxygen atoms in total. The SMILES string of the molecule is CCC1CC1NCC1Cc2cc(C)ccc2O1. The smallest absolute Gasteiger partial charge is 0.123 e. The molecule has 17 heavy (non-hydrogen) atoms. The highest BCUT2D eigenvalue weighted by Crippen LogP contribution is 2.34. The van der Waals surface area contributed by atoms with Gasteiger partial charge in [0.15, 0.2) is 0 Å². The molecule has 0 radical (unpaired) electrons. The van der Waals surface area contributed by atoms with E-state index in [1.54, 1.807) is 0 Å². The molecule has 3 unspecified atom stereocenters. The third kappa shape index (κ3) is 2.32. The van der Waals surface area contributed by atoms with E-state index in [0.717, 1.165) is 30.7 Å². The Bertz CT molecular complexity index is 415. The lowest BCUT2D eigenvalue weighted by molar-refractivity contribution is 0.226. The van der Waals surface area contributed by atoms with E-state index < -0.39 is 0 Å². The van der Waals surface area contributed by atoms with Crippen LogP contribution >= 0.6 is 0 Å². The highest BCUT2D eigenvalue weighted by atomic mass is 16.5. The summed E-state index contributed by atoms with van der Waals surface area (Å²) in [5.74, 6) is 2.01. The lowest BCUT2D eigenvalue weighted by Crippen LogP contribution is -2.32. The minimum absolute atomic E-state index is 0.338. The van der Waals surface area contributed by atoms with Crippen LogP contribution in [-0.4, -0.2) is 18.7 Å². The maximum atomic E-state index is 5.95. The molecule has 1 saturated carbocycles. The molecule has 3 atom stereocenters. The largest absolute Gasteiger partial charge is 0.488 e. The molecule has 3 rings (SSSR count). The molecule has 0 saturated heterocycles. The van der Waals surface area contributed by atoms with Crippen LogP contribution in [0, 0.1) is 12.8 Å². The van der Waals surface area contributed by atoms with Gasteiger partial charge in [0.05, 0.1) is 0 Å². The van der Waals surface area contributed by atoms with Gasteiger partial charge in [-0.2, -0.15) is 0 Å². The molecule has 92 valence electrons. The lowest BCUT2D eigenvalue weighted by Gasteiger charge is -2.11. The summed E-state index contributed by atoms with van der Waals surface area (Å²) in [6, 6.07) is 7.25. The first-order valence-corrected chi connectivity index (χ1v) is 6.76. The van der Waals surface area contributed by atoms with Gasteiger partial charge in [-0.15, -0.1) is 0 Å². The minimum atomic E-state index is 0.338. The number of benzene rings is 1. The molecule has 1 N–H and O–H groups in total. The molecule has 2 heteroatoms. The van der Waals surface area contributed by atoms with Crippen LogP contribution in [0.3, 0.4) is 0 Å². The predicted octanol–water partition coefficient (Wildman–Crippen LogP) is 2.69. The van der Waals surface area contributed by atoms with E-state index in [0.29, 0.717) is 6.10 Å². The summed E-state index contributed by atoms with van der Waals surface area (Å²) in [7, 11) is 0. The van der Waals surface area contributed by atoms with Crippen LogP contribution in [0.25, 0.3) is 0 Å². The van der Waals surface area contributed by atoms with Crippen molar-refractivity contribution in [2.45, 2.75) is 45.3 Å². The van der Waals surface area contributed by atoms with Gasteiger partial charge in [-0.1, -0.05) is 31.0 Å². The van der Waals surface area contributed by atoms with Crippen LogP contribution in [0.5, 0.6) is 5.75 Å². The van der Waals surface area contributed by atoms with Crippen molar-refractivity contribution in [2.24, 2.45) is 5.92 Å². The molecule has 0 bridgehead atoms. The molecule has 1 heterocycles. The van der Waals surface area contributed by atoms with E-state index in [-0.39, 0.29) is 0 Å². The van der Waals surface area contributed by atoms with Gasteiger partial charge < -0.3 is 10.1 Å². The zero-order valence-corrected chi connectivity index (χ0v) is 10.7. The number of hydrogen-bond donors (Lipinski definition) is 1. The Labute approximate surface area is 103 Å². The Morgan fingerprint density at radius 3 is 3.06 bits per heavy atom. The van der Waals surface area contributed by atoms with E-state index in [2.05, 4.69) is 37.4 Å². The van der Waals surface area contributed by atoms with Crippen LogP contribution < -0.4 is 10.1 Å². The first kappa shape index (κ1) is 11.1. The molecule has 1 aromatic carbocycles. The van der Waals surface area contributed by atoms with Crippen molar-refractivity contribution in [1.29, 1.82) is 0 Å². The van der Waals surface area contributed by atoms with Crippen molar-refractivity contribution in [3.8, 4) is 5.75 Å². The standard InChI is InChI=1S/C15H21NO/c1-3-11-8-14(11)16-9-13-7-12-6-10(2)4-5-15(12)17-13/h4-6,11,13-14,16H,3,7-9H2,1-2H3. The molecule has 0 spiro atoms. The Kier molecular flexibility index (Phi) is 2.83. The number of aryl methyl sites for hydroxylation is 1. The normalized spacial score (nSPS) is 29.9. The van der Waals surface area contributed by atoms with E-state index in [1.165, 1.54) is 24.0 Å². The fourth-order valence-corrected chi connectivity index (χ4v) is 2.79. The summed E-state index contributed by atoms with van der Waals surface area (Å²) < 4.78 is 5.95. The molecule has 1 fully saturated rings. The van der Waals surface area contributed by atoms with Crippen molar-refractivity contribution in [3.63, 3.8) is 0 Å². The number of rotatable bonds is 4. The summed E-state index contributed by atoms with van der Waals surface area (Å²) in [6.07, 6.45) is 4.07. The maximum absolute atomic E-state index is 5.95. The predicted molar refractivity (Wildman–Crippen MR) is 69.5 cm³/mol. The quantitative estimate of drug-likeness (QED) is 0.860. The van der Waals surface area contributed by atoms with Crippen LogP contribution in [0.1, 0.15) is 30.9 Å². The van der Waals surface area contributed by atoms with Crippen molar-refractivity contribution in [3.05, 3.63) is 29.3 Å². The van der Waals surface area contributed by atoms with Crippen LogP contribution in [-0.2, 0) is 6.42 Å². The van der Waals surface area contributed by atoms with Gasteiger partial charge >= 0.3 is 0 Å². The van der Waals surface area contributed by atoms with Gasteiger partial charge in [0.2, 0.25) is 0 Å². The summed E-state index contributed by atoms with van der Waals surface area (Å²) in [5.41, 5.74) is 2.70. The van der Waals surface area contributed by atoms with Crippen LogP contribution in [0.2, 0.25) is 0 Å². The summed E-state index contributed by atoms with van der Waals surface area (Å²) >= 11 is 0. The summed E-state index contributed by atoms with van der Waals surface area (Å²) in [4.78, 5) is 0. The zero-order valence-electron chi connectivity index (χ0n) is 10.7. The van der Waals surface area contributed by atoms with E-state index in [1.807, 2.05) is 0 Å². The average molecular weight is 231 g/mol. The maximum Gasteiger partial charge on any atom is 0.123 e. The second kappa shape index (κ2) is 4.34. The van der Waals surface area contributed by atoms with E-state index >= 15 is 0 Å². The van der Waals surface area contributed by atoms with Gasteiger partial charge in [-0.3, -0.25) is 0 Å². The summed E-state index contributed by atoms with van der Waals surface area (Å²) in [6.45, 7) is 5.41. The fourth-order valence-electron chi connectivity index (χ4n) is 2.79. The Morgan fingerprint density at radius 1 is 1.41 bits per heavy atom. The van der Waals surface area contributed by atoms with E-state index in [9.17, 15) is 0 Å². The van der Waals surface area contributed by atoms with Crippen LogP contribution in [0.4, 0.5) is 0 Å². The Hall–Kier alpha value is -1.02. The topological polar surface area (TPSA) is 21.3 Å². The second-order valence-electron chi connectivity index (χ2n) is 5.47. The van der Waals surface area contributed by atoms with Crippen molar-refractivity contribution in [2.75, 3.05) is 6.54 Å². The number of ether oxygens (including phenoxy) is 1. The lowest BCUT2D eigenvalue weighted by atomic mass is 10.1. The summed E-state index contributed by atoms with van der Waals surface area (Å²) in [5, 5.41) is 3.62. The molecular weight excluding hydrogens is 210 g/mol. The number of fused-ring (bicyclic) bond motifs is 1. The molecule has 0 aromatic heterocycles. The van der Waals surface area contributed by atoms with Crippen molar-refractivity contribution < 1.29 is 4.74 Å². The number of hydrogen-bond acceptors (Lipinski definition) is 2. The highest BCUT2D eigenvalue weighted by molar-refractivity contribution is 5.40. The van der Waals surface area contributed by atoms with Crippen LogP contribution in [0.15, 0.2) is 18.2 Å². The highest BCUT2D eigenvalue weighted by Gasteiger charge is 2.35. The fraction of sp³-hybridized carbons (Fsp3) is 0.600. The first-order valence-electron chi connectivity index (χ1n) is 6.76.